The molecule has 51 heavy (non-hydrogen) atoms. The summed E-state index contributed by atoms with van der Waals surface area (Å²) >= 11 is 2.47. The van der Waals surface area contributed by atoms with Crippen LogP contribution >= 0.6 is 23.1 Å². The summed E-state index contributed by atoms with van der Waals surface area (Å²) in [5.74, 6) is -4.68. The van der Waals surface area contributed by atoms with Gasteiger partial charge in [-0.2, -0.15) is 26.3 Å². The maximum absolute atomic E-state index is 14.0. The number of thiazole rings is 1. The number of nitrogens with zero attached hydrogens (tertiary/aromatic N) is 1. The molecule has 4 aliphatic rings. The van der Waals surface area contributed by atoms with Crippen LogP contribution in [-0.2, 0) is 26.7 Å². The Balaban J connectivity index is 1.05. The Kier molecular flexibility index (Phi) is 7.90. The van der Waals surface area contributed by atoms with Crippen LogP contribution in [0, 0.1) is 29.6 Å². The Morgan fingerprint density at radius 3 is 2.16 bits per heavy atom. The second kappa shape index (κ2) is 12.0. The highest BCUT2D eigenvalue weighted by atomic mass is 32.2. The number of thioether (sulfide) groups is 1. The van der Waals surface area contributed by atoms with Crippen LogP contribution in [-0.4, -0.2) is 34.6 Å². The number of rotatable bonds is 6. The number of alkyl halides is 6. The zero-order chi connectivity index (χ0) is 36.0. The highest BCUT2D eigenvalue weighted by Gasteiger charge is 2.70. The number of hydrogen-bond acceptors (Lipinski definition) is 7. The minimum absolute atomic E-state index is 0.201. The Hall–Kier alpha value is -4.57. The van der Waals surface area contributed by atoms with Gasteiger partial charge in [-0.25, -0.2) is 4.90 Å². The molecule has 2 aliphatic carbocycles. The smallest absolute Gasteiger partial charge is 0.418 e. The lowest BCUT2D eigenvalue weighted by Crippen LogP contribution is -2.42. The molecule has 8 nitrogen and oxygen atoms in total. The van der Waals surface area contributed by atoms with Crippen molar-refractivity contribution in [3.63, 3.8) is 0 Å². The molecule has 264 valence electrons. The number of carbonyl (C=O) groups excluding carboxylic acids is 3. The summed E-state index contributed by atoms with van der Waals surface area (Å²) < 4.78 is 87.4. The molecule has 16 heteroatoms. The lowest BCUT2D eigenvalue weighted by atomic mass is 9.68. The van der Waals surface area contributed by atoms with E-state index >= 15 is 0 Å². The first-order valence-electron chi connectivity index (χ1n) is 15.8. The number of hydrogen-bond donors (Lipinski definition) is 2. The van der Waals surface area contributed by atoms with E-state index in [1.165, 1.54) is 36.0 Å². The number of anilines is 2. The molecule has 0 unspecified atom stereocenters. The number of ether oxygens (including phenoxy) is 1. The van der Waals surface area contributed by atoms with E-state index in [1.54, 1.807) is 24.3 Å². The molecule has 2 aliphatic heterocycles. The highest BCUT2D eigenvalue weighted by molar-refractivity contribution is 8.00. The van der Waals surface area contributed by atoms with Crippen LogP contribution in [0.1, 0.15) is 33.9 Å². The molecule has 0 spiro atoms. The van der Waals surface area contributed by atoms with Gasteiger partial charge in [0.25, 0.3) is 5.91 Å². The van der Waals surface area contributed by atoms with Crippen LogP contribution in [0.4, 0.5) is 37.7 Å². The zero-order valence-electron chi connectivity index (χ0n) is 26.0. The summed E-state index contributed by atoms with van der Waals surface area (Å²) in [6.07, 6.45) is -8.91. The quantitative estimate of drug-likeness (QED) is 0.160. The number of aromatic amines is 1. The summed E-state index contributed by atoms with van der Waals surface area (Å²) in [5, 5.41) is 2.67. The lowest BCUT2D eigenvalue weighted by Gasteiger charge is -2.43. The Labute approximate surface area is 293 Å². The molecule has 2 saturated carbocycles. The fraction of sp³-hybridized carbons (Fsp3) is 0.314. The fourth-order valence-electron chi connectivity index (χ4n) is 8.48. The lowest BCUT2D eigenvalue weighted by molar-refractivity contribution is -0.138. The van der Waals surface area contributed by atoms with E-state index < -0.39 is 71.0 Å². The average Bonchev–Trinajstić information content (AvgIpc) is 3.82. The molecule has 7 atom stereocenters. The van der Waals surface area contributed by atoms with Gasteiger partial charge in [-0.15, -0.1) is 11.8 Å². The molecule has 1 aromatic heterocycles. The van der Waals surface area contributed by atoms with Crippen molar-refractivity contribution in [2.45, 2.75) is 35.0 Å². The van der Waals surface area contributed by atoms with Gasteiger partial charge in [0.2, 0.25) is 11.8 Å². The van der Waals surface area contributed by atoms with Gasteiger partial charge < -0.3 is 15.0 Å². The van der Waals surface area contributed by atoms with Gasteiger partial charge in [-0.3, -0.25) is 19.2 Å². The Morgan fingerprint density at radius 2 is 1.47 bits per heavy atom. The number of halogens is 6. The summed E-state index contributed by atoms with van der Waals surface area (Å²) in [7, 11) is 0. The van der Waals surface area contributed by atoms with Crippen LogP contribution in [0.5, 0.6) is 5.75 Å². The molecule has 1 saturated heterocycles. The molecule has 2 N–H and O–H groups in total. The molecule has 4 aromatic rings. The SMILES string of the molecule is O=C(COc1ccc([C@@H]2c3sc(=O)[nH]c3S[C@@H]3[C@@H]4C[C@@H]([C@@H]5C(=O)N(c6ccccc6C(F)(F)F)C(=O)[C@@H]45)[C@H]23)cc1)Nc1ccccc1C(F)(F)F. The molecular formula is C35H25F6N3O5S2. The third-order valence-electron chi connectivity index (χ3n) is 10.3. The van der Waals surface area contributed by atoms with Gasteiger partial charge in [0.15, 0.2) is 6.61 Å². The van der Waals surface area contributed by atoms with Gasteiger partial charge in [0.05, 0.1) is 39.4 Å². The van der Waals surface area contributed by atoms with Crippen molar-refractivity contribution in [1.29, 1.82) is 0 Å². The molecule has 8 rings (SSSR count). The fourth-order valence-corrected chi connectivity index (χ4v) is 11.4. The van der Waals surface area contributed by atoms with Crippen molar-refractivity contribution >= 4 is 52.2 Å². The first kappa shape index (κ1) is 33.6. The van der Waals surface area contributed by atoms with Gasteiger partial charge in [0, 0.05) is 16.0 Å². The predicted octanol–water partition coefficient (Wildman–Crippen LogP) is 7.17. The van der Waals surface area contributed by atoms with E-state index in [-0.39, 0.29) is 39.5 Å². The normalized spacial score (nSPS) is 26.5. The Morgan fingerprint density at radius 1 is 0.843 bits per heavy atom. The minimum Gasteiger partial charge on any atom is -0.484 e. The van der Waals surface area contributed by atoms with Gasteiger partial charge in [-0.05, 0) is 66.1 Å². The van der Waals surface area contributed by atoms with E-state index in [2.05, 4.69) is 10.3 Å². The topological polar surface area (TPSA) is 109 Å². The van der Waals surface area contributed by atoms with Gasteiger partial charge in [0.1, 0.15) is 5.75 Å². The third-order valence-corrected chi connectivity index (χ3v) is 12.9. The molecule has 3 heterocycles. The van der Waals surface area contributed by atoms with Crippen LogP contribution in [0.25, 0.3) is 0 Å². The highest BCUT2D eigenvalue weighted by Crippen LogP contribution is 2.69. The van der Waals surface area contributed by atoms with Crippen molar-refractivity contribution < 1.29 is 45.5 Å². The van der Waals surface area contributed by atoms with Crippen molar-refractivity contribution in [3.05, 3.63) is 104 Å². The number of amides is 3. The first-order valence-corrected chi connectivity index (χ1v) is 17.5. The van der Waals surface area contributed by atoms with Crippen molar-refractivity contribution in [2.24, 2.45) is 29.6 Å². The third kappa shape index (κ3) is 5.53. The van der Waals surface area contributed by atoms with Crippen molar-refractivity contribution in [1.82, 2.24) is 4.98 Å². The second-order valence-electron chi connectivity index (χ2n) is 12.9. The average molecular weight is 746 g/mol. The number of fused-ring (bicyclic) bond motifs is 9. The molecule has 3 fully saturated rings. The van der Waals surface area contributed by atoms with E-state index in [0.717, 1.165) is 50.9 Å². The number of aromatic nitrogens is 1. The molecule has 3 amide bonds. The largest absolute Gasteiger partial charge is 0.484 e. The standard InChI is InChI=1S/C35H25F6N3O5S2/c36-34(37,38)19-5-1-3-7-21(19)42-23(45)14-49-16-11-9-15(10-12-16)24-25-17-13-18(28(25)50-30-29(24)51-33(48)43-30)27-26(17)31(46)44(32(27)47)22-8-4-2-6-20(22)35(39,40)41/h1-12,17-18,24-28H,13-14H2,(H,42,45)(H,43,48)/t17-,18-,24+,25-,26+,27+,28-/m1/s1. The number of imide groups is 1. The zero-order valence-corrected chi connectivity index (χ0v) is 27.6. The number of H-pyrrole nitrogens is 1. The summed E-state index contributed by atoms with van der Waals surface area (Å²) in [6, 6.07) is 15.8. The molecular weight excluding hydrogens is 721 g/mol. The summed E-state index contributed by atoms with van der Waals surface area (Å²) in [6.45, 7) is -0.573. The van der Waals surface area contributed by atoms with E-state index in [1.807, 2.05) is 0 Å². The van der Waals surface area contributed by atoms with Crippen LogP contribution in [0.3, 0.4) is 0 Å². The second-order valence-corrected chi connectivity index (χ2v) is 15.1. The number of para-hydroxylation sites is 2. The summed E-state index contributed by atoms with van der Waals surface area (Å²) in [5.41, 5.74) is -2.17. The van der Waals surface area contributed by atoms with E-state index in [4.69, 9.17) is 4.74 Å². The Bertz CT molecular complexity index is 2130. The maximum atomic E-state index is 14.0. The molecule has 0 radical (unpaired) electrons. The van der Waals surface area contributed by atoms with Gasteiger partial charge in [-0.1, -0.05) is 47.7 Å². The molecule has 3 aromatic carbocycles. The number of nitrogens with one attached hydrogen (secondary N) is 2. The van der Waals surface area contributed by atoms with Crippen LogP contribution < -0.4 is 19.8 Å². The monoisotopic (exact) mass is 745 g/mol. The van der Waals surface area contributed by atoms with Crippen LogP contribution in [0.2, 0.25) is 0 Å². The minimum atomic E-state index is -4.78. The predicted molar refractivity (Wildman–Crippen MR) is 174 cm³/mol. The molecule has 2 bridgehead atoms. The number of carbonyl (C=O) groups is 3. The van der Waals surface area contributed by atoms with Gasteiger partial charge >= 0.3 is 17.2 Å². The van der Waals surface area contributed by atoms with Crippen molar-refractivity contribution in [2.75, 3.05) is 16.8 Å². The van der Waals surface area contributed by atoms with E-state index in [9.17, 15) is 45.5 Å². The first-order chi connectivity index (χ1) is 24.2. The van der Waals surface area contributed by atoms with Crippen molar-refractivity contribution in [3.8, 4) is 5.75 Å². The van der Waals surface area contributed by atoms with E-state index in [0.29, 0.717) is 11.4 Å². The van der Waals surface area contributed by atoms with Crippen LogP contribution in [0.15, 0.2) is 82.6 Å². The summed E-state index contributed by atoms with van der Waals surface area (Å²) in [4.78, 5) is 56.9. The maximum Gasteiger partial charge on any atom is 0.418 e. The number of benzene rings is 3.